The Kier molecular flexibility index (Phi) is 19.0. The monoisotopic (exact) mass is 926 g/mol. The van der Waals surface area contributed by atoms with Crippen LogP contribution in [-0.4, -0.2) is 84.6 Å². The zero-order valence-electron chi connectivity index (χ0n) is 38.0. The third-order valence-electron chi connectivity index (χ3n) is 11.8. The van der Waals surface area contributed by atoms with E-state index in [1.807, 2.05) is 189 Å². The van der Waals surface area contributed by atoms with E-state index < -0.39 is 60.6 Å². The first-order valence-corrected chi connectivity index (χ1v) is 24.3. The van der Waals surface area contributed by atoms with E-state index in [4.69, 9.17) is 42.6 Å². The summed E-state index contributed by atoms with van der Waals surface area (Å²) in [7, 11) is 0. The molecule has 10 atom stereocenters. The molecule has 0 aromatic heterocycles. The Hall–Kier alpha value is -4.73. The first-order valence-electron chi connectivity index (χ1n) is 23.2. The van der Waals surface area contributed by atoms with Crippen molar-refractivity contribution in [3.8, 4) is 0 Å². The van der Waals surface area contributed by atoms with Gasteiger partial charge in [0.25, 0.3) is 0 Å². The Labute approximate surface area is 399 Å². The minimum Gasteiger partial charge on any atom is -0.387 e. The molecule has 0 aliphatic carbocycles. The summed E-state index contributed by atoms with van der Waals surface area (Å²) >= 11 is 1.52. The number of hydrogen-bond acceptors (Lipinski definition) is 11. The molecule has 11 heteroatoms. The van der Waals surface area contributed by atoms with Crippen LogP contribution in [0.5, 0.6) is 0 Å². The van der Waals surface area contributed by atoms with Gasteiger partial charge in [-0.2, -0.15) is 0 Å². The van der Waals surface area contributed by atoms with Crippen LogP contribution in [0.25, 0.3) is 0 Å². The van der Waals surface area contributed by atoms with Gasteiger partial charge in [0.05, 0.1) is 52.9 Å². The van der Waals surface area contributed by atoms with Gasteiger partial charge >= 0.3 is 0 Å². The molecule has 2 aliphatic rings. The van der Waals surface area contributed by atoms with Crippen molar-refractivity contribution < 1.29 is 47.7 Å². The van der Waals surface area contributed by atoms with Crippen molar-refractivity contribution in [1.82, 2.24) is 0 Å². The number of thioether (sulfide) groups is 1. The van der Waals surface area contributed by atoms with Gasteiger partial charge in [-0.3, -0.25) is 0 Å². The molecule has 2 aliphatic heterocycles. The molecular formula is C56H62O10S. The van der Waals surface area contributed by atoms with E-state index in [9.17, 15) is 5.11 Å². The highest BCUT2D eigenvalue weighted by molar-refractivity contribution is 7.99. The zero-order chi connectivity index (χ0) is 45.9. The zero-order valence-corrected chi connectivity index (χ0v) is 38.8. The second-order valence-corrected chi connectivity index (χ2v) is 18.1. The van der Waals surface area contributed by atoms with Crippen LogP contribution in [0.1, 0.15) is 40.3 Å². The molecule has 0 saturated carbocycles. The molecular weight excluding hydrogens is 865 g/mol. The number of ether oxygens (including phenoxy) is 9. The molecule has 0 unspecified atom stereocenters. The molecule has 67 heavy (non-hydrogen) atoms. The summed E-state index contributed by atoms with van der Waals surface area (Å²) < 4.78 is 61.7. The van der Waals surface area contributed by atoms with Crippen molar-refractivity contribution in [2.24, 2.45) is 0 Å². The van der Waals surface area contributed by atoms with Crippen LogP contribution in [0.15, 0.2) is 182 Å². The lowest BCUT2D eigenvalue weighted by Crippen LogP contribution is -2.65. The molecule has 0 radical (unpaired) electrons. The third kappa shape index (κ3) is 14.4. The molecule has 0 amide bonds. The first kappa shape index (κ1) is 48.7. The maximum Gasteiger partial charge on any atom is 0.187 e. The van der Waals surface area contributed by atoms with Crippen LogP contribution in [0.4, 0.5) is 0 Å². The van der Waals surface area contributed by atoms with Crippen LogP contribution in [0.3, 0.4) is 0 Å². The quantitative estimate of drug-likeness (QED) is 0.0628. The normalized spacial score (nSPS) is 25.2. The minimum absolute atomic E-state index is 0.154. The van der Waals surface area contributed by atoms with E-state index >= 15 is 0 Å². The lowest BCUT2D eigenvalue weighted by atomic mass is 9.96. The molecule has 6 aromatic rings. The van der Waals surface area contributed by atoms with Gasteiger partial charge in [-0.15, -0.1) is 11.8 Å². The summed E-state index contributed by atoms with van der Waals surface area (Å²) in [6.07, 6.45) is -7.52. The van der Waals surface area contributed by atoms with Crippen LogP contribution >= 0.6 is 11.8 Å². The second kappa shape index (κ2) is 26.1. The summed E-state index contributed by atoms with van der Waals surface area (Å²) in [5, 5.41) is 12.2. The number of aliphatic hydroxyl groups is 1. The van der Waals surface area contributed by atoms with Gasteiger partial charge in [0.15, 0.2) is 6.29 Å². The van der Waals surface area contributed by atoms with Gasteiger partial charge in [0, 0.05) is 0 Å². The molecule has 6 aromatic carbocycles. The molecule has 8 rings (SSSR count). The minimum atomic E-state index is -1.08. The predicted molar refractivity (Wildman–Crippen MR) is 259 cm³/mol. The Morgan fingerprint density at radius 3 is 1.15 bits per heavy atom. The van der Waals surface area contributed by atoms with E-state index in [1.165, 1.54) is 11.8 Å². The van der Waals surface area contributed by atoms with Gasteiger partial charge in [0.1, 0.15) is 54.3 Å². The van der Waals surface area contributed by atoms with E-state index in [1.54, 1.807) is 0 Å². The first-order chi connectivity index (χ1) is 33.1. The molecule has 2 heterocycles. The molecule has 0 spiro atoms. The number of hydrogen-bond donors (Lipinski definition) is 1. The maximum absolute atomic E-state index is 12.2. The molecule has 2 fully saturated rings. The second-order valence-electron chi connectivity index (χ2n) is 16.7. The Morgan fingerprint density at radius 1 is 0.403 bits per heavy atom. The average molecular weight is 927 g/mol. The molecule has 10 nitrogen and oxygen atoms in total. The van der Waals surface area contributed by atoms with E-state index in [-0.39, 0.29) is 33.0 Å². The smallest absolute Gasteiger partial charge is 0.187 e. The summed E-state index contributed by atoms with van der Waals surface area (Å²) in [4.78, 5) is 0. The summed E-state index contributed by atoms with van der Waals surface area (Å²) in [6.45, 7) is 4.09. The topological polar surface area (TPSA) is 103 Å². The molecule has 352 valence electrons. The highest BCUT2D eigenvalue weighted by atomic mass is 32.2. The maximum atomic E-state index is 12.2. The van der Waals surface area contributed by atoms with Crippen LogP contribution in [0.2, 0.25) is 0 Å². The largest absolute Gasteiger partial charge is 0.387 e. The van der Waals surface area contributed by atoms with Crippen molar-refractivity contribution in [3.05, 3.63) is 215 Å². The Morgan fingerprint density at radius 2 is 0.746 bits per heavy atom. The highest BCUT2D eigenvalue weighted by Gasteiger charge is 2.54. The highest BCUT2D eigenvalue weighted by Crippen LogP contribution is 2.37. The van der Waals surface area contributed by atoms with E-state index in [2.05, 4.69) is 0 Å². The van der Waals surface area contributed by atoms with Gasteiger partial charge < -0.3 is 47.7 Å². The summed E-state index contributed by atoms with van der Waals surface area (Å²) in [5.41, 5.74) is 5.35. The molecule has 0 bridgehead atoms. The van der Waals surface area contributed by atoms with E-state index in [0.29, 0.717) is 25.6 Å². The van der Waals surface area contributed by atoms with Crippen molar-refractivity contribution in [2.45, 2.75) is 107 Å². The average Bonchev–Trinajstić information content (AvgIpc) is 3.38. The number of rotatable bonds is 24. The van der Waals surface area contributed by atoms with Crippen LogP contribution in [0, 0.1) is 0 Å². The van der Waals surface area contributed by atoms with Crippen LogP contribution < -0.4 is 0 Å². The van der Waals surface area contributed by atoms with Crippen molar-refractivity contribution in [1.29, 1.82) is 0 Å². The lowest BCUT2D eigenvalue weighted by molar-refractivity contribution is -0.358. The Bertz CT molecular complexity index is 2250. The van der Waals surface area contributed by atoms with E-state index in [0.717, 1.165) is 33.4 Å². The molecule has 2 saturated heterocycles. The fourth-order valence-electron chi connectivity index (χ4n) is 8.33. The Balaban J connectivity index is 1.16. The van der Waals surface area contributed by atoms with Gasteiger partial charge in [-0.05, 0) is 39.1 Å². The van der Waals surface area contributed by atoms with Gasteiger partial charge in [-0.1, -0.05) is 189 Å². The van der Waals surface area contributed by atoms with Gasteiger partial charge in [-0.25, -0.2) is 0 Å². The predicted octanol–water partition coefficient (Wildman–Crippen LogP) is 9.71. The summed E-state index contributed by atoms with van der Waals surface area (Å²) in [6, 6.07) is 60.1. The summed E-state index contributed by atoms with van der Waals surface area (Å²) in [5.74, 6) is 0.715. The van der Waals surface area contributed by atoms with Gasteiger partial charge in [0.2, 0.25) is 0 Å². The number of benzene rings is 6. The lowest BCUT2D eigenvalue weighted by Gasteiger charge is -2.49. The fourth-order valence-corrected chi connectivity index (χ4v) is 9.23. The SMILES string of the molecule is CCS[C@@H]1O[C@H](COCc2ccccc2)[C@@H](O[C@@H]2O[C@H](COCc3ccccc3)[C@H](OCc3ccccc3)[C@H](OCc3ccccc3)[C@H]2OCc2ccccc2)[C@H](OCc2ccccc2)[C@@H]1O. The van der Waals surface area contributed by atoms with Crippen molar-refractivity contribution in [2.75, 3.05) is 19.0 Å². The third-order valence-corrected chi connectivity index (χ3v) is 12.8. The van der Waals surface area contributed by atoms with Crippen LogP contribution in [-0.2, 0) is 82.3 Å². The van der Waals surface area contributed by atoms with Crippen molar-refractivity contribution in [3.63, 3.8) is 0 Å². The fraction of sp³-hybridized carbons (Fsp3) is 0.357. The van der Waals surface area contributed by atoms with Crippen molar-refractivity contribution >= 4 is 11.8 Å². The standard InChI is InChI=1S/C56H62O10S/c1-2-67-56-49(57)52(61-36-44-27-15-6-16-28-44)51(48(65-56)40-59-34-42-23-11-4-12-24-42)66-55-54(63-38-46-31-19-8-20-32-46)53(62-37-45-29-17-7-18-30-45)50(60-35-43-25-13-5-14-26-43)47(64-55)39-58-33-41-21-9-3-10-22-41/h3-32,47-57H,2,33-40H2,1H3/t47-,48-,49+,50+,51-,52-,53+,54-,55+,56+/m1/s1. The molecule has 1 N–H and O–H groups in total. The number of aliphatic hydroxyl groups excluding tert-OH is 1.